The molecule has 8 heteroatoms. The average molecular weight is 583 g/mol. The maximum Gasteiger partial charge on any atom is 0.252 e. The summed E-state index contributed by atoms with van der Waals surface area (Å²) in [6, 6.07) is 28.4. The lowest BCUT2D eigenvalue weighted by atomic mass is 9.84. The minimum absolute atomic E-state index is 0.0285. The smallest absolute Gasteiger partial charge is 0.252 e. The quantitative estimate of drug-likeness (QED) is 0.147. The van der Waals surface area contributed by atoms with Gasteiger partial charge in [-0.15, -0.1) is 6.58 Å². The molecule has 0 spiro atoms. The second-order valence-electron chi connectivity index (χ2n) is 10.2. The molecule has 2 N–H and O–H groups in total. The van der Waals surface area contributed by atoms with Gasteiger partial charge in [0.25, 0.3) is 5.91 Å². The van der Waals surface area contributed by atoms with Crippen LogP contribution >= 0.6 is 0 Å². The fourth-order valence-electron chi connectivity index (χ4n) is 5.00. The topological polar surface area (TPSA) is 80.2 Å². The summed E-state index contributed by atoms with van der Waals surface area (Å²) < 4.78 is 39.4. The summed E-state index contributed by atoms with van der Waals surface area (Å²) in [6.45, 7) is 4.28. The van der Waals surface area contributed by atoms with E-state index >= 15 is 0 Å². The van der Waals surface area contributed by atoms with Gasteiger partial charge in [0, 0.05) is 31.6 Å². The van der Waals surface area contributed by atoms with Crippen molar-refractivity contribution in [3.63, 3.8) is 0 Å². The molecule has 0 fully saturated rings. The second kappa shape index (κ2) is 13.4. The fraction of sp³-hybridized carbons (Fsp3) is 0.200. The summed E-state index contributed by atoms with van der Waals surface area (Å²) in [5, 5.41) is 11.9. The Morgan fingerprint density at radius 3 is 2.33 bits per heavy atom. The number of aliphatic imine (C=N–C) groups is 1. The van der Waals surface area contributed by atoms with Crippen molar-refractivity contribution in [1.29, 1.82) is 0 Å². The molecule has 4 aromatic rings. The number of amides is 1. The van der Waals surface area contributed by atoms with Crippen molar-refractivity contribution >= 4 is 11.8 Å². The number of hydrogen-bond donors (Lipinski definition) is 2. The molecular formula is C35H32F2N2O4. The Labute approximate surface area is 249 Å². The molecule has 0 aromatic heterocycles. The molecule has 1 amide bonds. The third kappa shape index (κ3) is 6.65. The van der Waals surface area contributed by atoms with E-state index in [1.165, 1.54) is 6.07 Å². The molecule has 220 valence electrons. The third-order valence-corrected chi connectivity index (χ3v) is 7.24. The highest BCUT2D eigenvalue weighted by molar-refractivity contribution is 6.01. The molecule has 0 unspecified atom stereocenters. The molecule has 2 atom stereocenters. The molecule has 5 rings (SSSR count). The number of hydrogen-bond acceptors (Lipinski definition) is 5. The van der Waals surface area contributed by atoms with Crippen LogP contribution < -0.4 is 10.1 Å². The zero-order chi connectivity index (χ0) is 30.2. The van der Waals surface area contributed by atoms with Gasteiger partial charge in [-0.3, -0.25) is 4.79 Å². The number of aliphatic hydroxyl groups excluding tert-OH is 1. The fourth-order valence-corrected chi connectivity index (χ4v) is 5.00. The standard InChI is InChI=1S/C35H32F2N2O4/c1-2-19-35(34(41)38-23-24-9-18-30(36)31(37)22-24)32(27-12-10-26(11-13-27)25-7-4-3-5-8-25)43-33(39-35)28-14-16-29(17-15-28)42-21-6-20-40/h2-5,7-18,22,32,40H,1,6,19-21,23H2,(H,38,41)/t32-,35-/m1/s1. The molecule has 4 aromatic carbocycles. The summed E-state index contributed by atoms with van der Waals surface area (Å²) in [6.07, 6.45) is 1.51. The summed E-state index contributed by atoms with van der Waals surface area (Å²) in [7, 11) is 0. The van der Waals surface area contributed by atoms with E-state index in [-0.39, 0.29) is 25.5 Å². The zero-order valence-electron chi connectivity index (χ0n) is 23.5. The first-order valence-electron chi connectivity index (χ1n) is 14.0. The highest BCUT2D eigenvalue weighted by Crippen LogP contribution is 2.43. The van der Waals surface area contributed by atoms with Crippen LogP contribution in [0.1, 0.15) is 35.6 Å². The Morgan fingerprint density at radius 2 is 1.65 bits per heavy atom. The Balaban J connectivity index is 1.47. The number of aliphatic hydroxyl groups is 1. The van der Waals surface area contributed by atoms with E-state index in [2.05, 4.69) is 11.9 Å². The van der Waals surface area contributed by atoms with Crippen molar-refractivity contribution in [2.75, 3.05) is 13.2 Å². The lowest BCUT2D eigenvalue weighted by Gasteiger charge is -2.30. The summed E-state index contributed by atoms with van der Waals surface area (Å²) in [5.41, 5.74) is 2.45. The number of carbonyl (C=O) groups excluding carboxylic acids is 1. The van der Waals surface area contributed by atoms with E-state index in [0.29, 0.717) is 29.9 Å². The van der Waals surface area contributed by atoms with Crippen molar-refractivity contribution in [3.05, 3.63) is 138 Å². The molecule has 0 bridgehead atoms. The normalized spacial score (nSPS) is 17.6. The predicted molar refractivity (Wildman–Crippen MR) is 162 cm³/mol. The van der Waals surface area contributed by atoms with E-state index in [1.54, 1.807) is 30.3 Å². The van der Waals surface area contributed by atoms with Gasteiger partial charge >= 0.3 is 0 Å². The van der Waals surface area contributed by atoms with E-state index in [9.17, 15) is 13.6 Å². The van der Waals surface area contributed by atoms with Crippen LogP contribution in [-0.2, 0) is 16.1 Å². The van der Waals surface area contributed by atoms with Gasteiger partial charge in [-0.25, -0.2) is 13.8 Å². The molecular weight excluding hydrogens is 550 g/mol. The highest BCUT2D eigenvalue weighted by atomic mass is 19.2. The molecule has 43 heavy (non-hydrogen) atoms. The number of halogens is 2. The second-order valence-corrected chi connectivity index (χ2v) is 10.2. The van der Waals surface area contributed by atoms with Crippen molar-refractivity contribution in [2.24, 2.45) is 4.99 Å². The van der Waals surface area contributed by atoms with E-state index in [0.717, 1.165) is 28.8 Å². The lowest BCUT2D eigenvalue weighted by molar-refractivity contribution is -0.129. The number of rotatable bonds is 12. The van der Waals surface area contributed by atoms with Gasteiger partial charge in [0.05, 0.1) is 6.61 Å². The van der Waals surface area contributed by atoms with Crippen molar-refractivity contribution in [2.45, 2.75) is 31.0 Å². The molecule has 0 saturated carbocycles. The van der Waals surface area contributed by atoms with Crippen molar-refractivity contribution < 1.29 is 28.2 Å². The number of nitrogens with zero attached hydrogens (tertiary/aromatic N) is 1. The summed E-state index contributed by atoms with van der Waals surface area (Å²) in [4.78, 5) is 18.8. The Bertz CT molecular complexity index is 1590. The SMILES string of the molecule is C=CC[C@@]1(C(=O)NCc2ccc(F)c(F)c2)N=C(c2ccc(OCCCO)cc2)O[C@@H]1c1ccc(-c2ccccc2)cc1. The van der Waals surface area contributed by atoms with Crippen LogP contribution in [0.3, 0.4) is 0 Å². The molecule has 1 aliphatic heterocycles. The van der Waals surface area contributed by atoms with E-state index in [1.807, 2.05) is 54.6 Å². The summed E-state index contributed by atoms with van der Waals surface area (Å²) in [5.74, 6) is -1.47. The van der Waals surface area contributed by atoms with Gasteiger partial charge in [-0.2, -0.15) is 0 Å². The lowest BCUT2D eigenvalue weighted by Crippen LogP contribution is -2.47. The average Bonchev–Trinajstić information content (AvgIpc) is 3.43. The third-order valence-electron chi connectivity index (χ3n) is 7.24. The first kappa shape index (κ1) is 29.7. The van der Waals surface area contributed by atoms with Crippen molar-refractivity contribution in [1.82, 2.24) is 5.32 Å². The molecule has 0 aliphatic carbocycles. The van der Waals surface area contributed by atoms with E-state index in [4.69, 9.17) is 19.6 Å². The van der Waals surface area contributed by atoms with Crippen LogP contribution in [0.4, 0.5) is 8.78 Å². The van der Waals surface area contributed by atoms with Crippen LogP contribution in [0, 0.1) is 11.6 Å². The first-order valence-corrected chi connectivity index (χ1v) is 14.0. The molecule has 1 aliphatic rings. The monoisotopic (exact) mass is 582 g/mol. The Morgan fingerprint density at radius 1 is 0.953 bits per heavy atom. The van der Waals surface area contributed by atoms with Crippen LogP contribution in [0.2, 0.25) is 0 Å². The maximum atomic E-state index is 14.0. The largest absolute Gasteiger partial charge is 0.494 e. The number of ether oxygens (including phenoxy) is 2. The summed E-state index contributed by atoms with van der Waals surface area (Å²) >= 11 is 0. The minimum Gasteiger partial charge on any atom is -0.494 e. The number of carbonyl (C=O) groups is 1. The van der Waals surface area contributed by atoms with Gasteiger partial charge in [-0.1, -0.05) is 66.7 Å². The van der Waals surface area contributed by atoms with Crippen LogP contribution in [-0.4, -0.2) is 35.7 Å². The zero-order valence-corrected chi connectivity index (χ0v) is 23.5. The van der Waals surface area contributed by atoms with Crippen molar-refractivity contribution in [3.8, 4) is 16.9 Å². The number of benzene rings is 4. The predicted octanol–water partition coefficient (Wildman–Crippen LogP) is 6.54. The first-order chi connectivity index (χ1) is 20.9. The molecule has 0 saturated heterocycles. The Hall–Kier alpha value is -4.82. The number of nitrogens with one attached hydrogen (secondary N) is 1. The Kier molecular flexibility index (Phi) is 9.27. The van der Waals surface area contributed by atoms with Crippen LogP contribution in [0.25, 0.3) is 11.1 Å². The van der Waals surface area contributed by atoms with Gasteiger partial charge in [0.2, 0.25) is 5.90 Å². The van der Waals surface area contributed by atoms with Gasteiger partial charge in [0.1, 0.15) is 5.75 Å². The van der Waals surface area contributed by atoms with Crippen LogP contribution in [0.15, 0.2) is 115 Å². The van der Waals surface area contributed by atoms with Gasteiger partial charge < -0.3 is 19.9 Å². The van der Waals surface area contributed by atoms with Crippen LogP contribution in [0.5, 0.6) is 5.75 Å². The van der Waals surface area contributed by atoms with E-state index < -0.39 is 29.2 Å². The minimum atomic E-state index is -1.42. The maximum absolute atomic E-state index is 14.0. The van der Waals surface area contributed by atoms with Gasteiger partial charge in [0.15, 0.2) is 23.3 Å². The highest BCUT2D eigenvalue weighted by Gasteiger charge is 2.52. The molecule has 1 heterocycles. The molecule has 0 radical (unpaired) electrons. The van der Waals surface area contributed by atoms with Gasteiger partial charge in [-0.05, 0) is 58.7 Å². The molecule has 6 nitrogen and oxygen atoms in total.